The SMILES string of the molecule is CC(C)CCC(=O)OCC(=O)NCCNc1ccc([N+](=O)[O-])cc1. The average Bonchev–Trinajstić information content (AvgIpc) is 2.55. The van der Waals surface area contributed by atoms with Crippen molar-refractivity contribution in [1.82, 2.24) is 5.32 Å². The van der Waals surface area contributed by atoms with Crippen molar-refractivity contribution in [2.75, 3.05) is 25.0 Å². The second kappa shape index (κ2) is 10.2. The Bertz CT molecular complexity index is 557. The molecule has 8 nitrogen and oxygen atoms in total. The van der Waals surface area contributed by atoms with Crippen molar-refractivity contribution in [1.29, 1.82) is 0 Å². The van der Waals surface area contributed by atoms with Crippen LogP contribution in [-0.2, 0) is 14.3 Å². The highest BCUT2D eigenvalue weighted by atomic mass is 16.6. The monoisotopic (exact) mass is 337 g/mol. The van der Waals surface area contributed by atoms with E-state index in [0.29, 0.717) is 25.4 Å². The van der Waals surface area contributed by atoms with E-state index in [9.17, 15) is 19.7 Å². The first-order chi connectivity index (χ1) is 11.4. The van der Waals surface area contributed by atoms with Crippen LogP contribution in [0.15, 0.2) is 24.3 Å². The molecule has 0 aromatic heterocycles. The minimum atomic E-state index is -0.466. The Morgan fingerprint density at radius 2 is 1.88 bits per heavy atom. The Morgan fingerprint density at radius 3 is 2.46 bits per heavy atom. The zero-order valence-electron chi connectivity index (χ0n) is 13.9. The van der Waals surface area contributed by atoms with E-state index in [1.54, 1.807) is 12.1 Å². The average molecular weight is 337 g/mol. The van der Waals surface area contributed by atoms with Crippen LogP contribution in [-0.4, -0.2) is 36.5 Å². The van der Waals surface area contributed by atoms with Crippen LogP contribution < -0.4 is 10.6 Å². The summed E-state index contributed by atoms with van der Waals surface area (Å²) in [5.74, 6) is -0.321. The van der Waals surface area contributed by atoms with Crippen molar-refractivity contribution >= 4 is 23.3 Å². The highest BCUT2D eigenvalue weighted by molar-refractivity contribution is 5.80. The van der Waals surface area contributed by atoms with E-state index in [4.69, 9.17) is 4.74 Å². The van der Waals surface area contributed by atoms with E-state index in [1.807, 2.05) is 13.8 Å². The smallest absolute Gasteiger partial charge is 0.306 e. The number of non-ortho nitro benzene ring substituents is 1. The van der Waals surface area contributed by atoms with E-state index in [-0.39, 0.29) is 24.2 Å². The molecule has 1 rings (SSSR count). The molecule has 0 aliphatic carbocycles. The van der Waals surface area contributed by atoms with E-state index in [2.05, 4.69) is 10.6 Å². The minimum Gasteiger partial charge on any atom is -0.456 e. The Morgan fingerprint density at radius 1 is 1.21 bits per heavy atom. The molecule has 0 spiro atoms. The molecule has 0 bridgehead atoms. The fourth-order valence-electron chi connectivity index (χ4n) is 1.79. The van der Waals surface area contributed by atoms with Crippen LogP contribution in [0.4, 0.5) is 11.4 Å². The van der Waals surface area contributed by atoms with Gasteiger partial charge in [-0.2, -0.15) is 0 Å². The van der Waals surface area contributed by atoms with Crippen molar-refractivity contribution in [2.45, 2.75) is 26.7 Å². The van der Waals surface area contributed by atoms with Gasteiger partial charge >= 0.3 is 5.97 Å². The Balaban J connectivity index is 2.15. The molecule has 1 aromatic carbocycles. The summed E-state index contributed by atoms with van der Waals surface area (Å²) in [5.41, 5.74) is 0.739. The summed E-state index contributed by atoms with van der Waals surface area (Å²) in [6.45, 7) is 4.54. The van der Waals surface area contributed by atoms with Gasteiger partial charge in [0.1, 0.15) is 0 Å². The molecule has 2 N–H and O–H groups in total. The zero-order valence-corrected chi connectivity index (χ0v) is 13.9. The molecule has 24 heavy (non-hydrogen) atoms. The van der Waals surface area contributed by atoms with E-state index in [1.165, 1.54) is 12.1 Å². The summed E-state index contributed by atoms with van der Waals surface area (Å²) >= 11 is 0. The Hall–Kier alpha value is -2.64. The fraction of sp³-hybridized carbons (Fsp3) is 0.500. The van der Waals surface area contributed by atoms with Crippen LogP contribution in [0.2, 0.25) is 0 Å². The summed E-state index contributed by atoms with van der Waals surface area (Å²) in [5, 5.41) is 16.2. The number of rotatable bonds is 10. The number of nitrogens with one attached hydrogen (secondary N) is 2. The largest absolute Gasteiger partial charge is 0.456 e. The topological polar surface area (TPSA) is 111 Å². The van der Waals surface area contributed by atoms with E-state index >= 15 is 0 Å². The highest BCUT2D eigenvalue weighted by Gasteiger charge is 2.08. The van der Waals surface area contributed by atoms with Crippen LogP contribution in [0.5, 0.6) is 0 Å². The van der Waals surface area contributed by atoms with Crippen LogP contribution in [0, 0.1) is 16.0 Å². The van der Waals surface area contributed by atoms with Crippen molar-refractivity contribution < 1.29 is 19.2 Å². The van der Waals surface area contributed by atoms with Crippen molar-refractivity contribution in [2.24, 2.45) is 5.92 Å². The van der Waals surface area contributed by atoms with E-state index < -0.39 is 4.92 Å². The fourth-order valence-corrected chi connectivity index (χ4v) is 1.79. The molecule has 0 heterocycles. The molecule has 1 aromatic rings. The van der Waals surface area contributed by atoms with Crippen molar-refractivity contribution in [3.05, 3.63) is 34.4 Å². The maximum absolute atomic E-state index is 11.5. The first kappa shape index (κ1) is 19.4. The highest BCUT2D eigenvalue weighted by Crippen LogP contribution is 2.14. The lowest BCUT2D eigenvalue weighted by Crippen LogP contribution is -2.32. The summed E-state index contributed by atoms with van der Waals surface area (Å²) in [6.07, 6.45) is 1.05. The van der Waals surface area contributed by atoms with Crippen LogP contribution >= 0.6 is 0 Å². The minimum absolute atomic E-state index is 0.0214. The number of anilines is 1. The van der Waals surface area contributed by atoms with Gasteiger partial charge in [0.25, 0.3) is 11.6 Å². The number of hydrogen-bond acceptors (Lipinski definition) is 6. The quantitative estimate of drug-likeness (QED) is 0.293. The normalized spacial score (nSPS) is 10.3. The Kier molecular flexibility index (Phi) is 8.24. The van der Waals surface area contributed by atoms with Gasteiger partial charge < -0.3 is 15.4 Å². The molecule has 0 radical (unpaired) electrons. The number of nitro benzene ring substituents is 1. The number of nitro groups is 1. The number of carbonyl (C=O) groups excluding carboxylic acids is 2. The lowest BCUT2D eigenvalue weighted by Gasteiger charge is -2.09. The number of carbonyl (C=O) groups is 2. The number of ether oxygens (including phenoxy) is 1. The molecule has 0 aliphatic rings. The number of nitrogens with zero attached hydrogens (tertiary/aromatic N) is 1. The van der Waals surface area contributed by atoms with Crippen molar-refractivity contribution in [3.8, 4) is 0 Å². The molecule has 8 heteroatoms. The second-order valence-electron chi connectivity index (χ2n) is 5.67. The first-order valence-electron chi connectivity index (χ1n) is 7.79. The van der Waals surface area contributed by atoms with Crippen LogP contribution in [0.1, 0.15) is 26.7 Å². The van der Waals surface area contributed by atoms with Gasteiger partial charge in [0, 0.05) is 37.3 Å². The predicted octanol–water partition coefficient (Wildman–Crippen LogP) is 2.10. The third kappa shape index (κ3) is 8.11. The van der Waals surface area contributed by atoms with Crippen LogP contribution in [0.3, 0.4) is 0 Å². The maximum Gasteiger partial charge on any atom is 0.306 e. The van der Waals surface area contributed by atoms with Gasteiger partial charge in [-0.25, -0.2) is 0 Å². The molecular formula is C16H23N3O5. The van der Waals surface area contributed by atoms with Gasteiger partial charge in [0.2, 0.25) is 0 Å². The molecule has 132 valence electrons. The standard InChI is InChI=1S/C16H23N3O5/c1-12(2)3-8-16(21)24-11-15(20)18-10-9-17-13-4-6-14(7-5-13)19(22)23/h4-7,12,17H,3,8-11H2,1-2H3,(H,18,20). The second-order valence-corrected chi connectivity index (χ2v) is 5.67. The summed E-state index contributed by atoms with van der Waals surface area (Å²) in [4.78, 5) is 33.0. The number of benzene rings is 1. The molecule has 1 amide bonds. The molecule has 0 fully saturated rings. The molecular weight excluding hydrogens is 314 g/mol. The van der Waals surface area contributed by atoms with Crippen LogP contribution in [0.25, 0.3) is 0 Å². The first-order valence-corrected chi connectivity index (χ1v) is 7.79. The summed E-state index contributed by atoms with van der Waals surface area (Å²) in [6, 6.07) is 5.99. The third-order valence-corrected chi connectivity index (χ3v) is 3.14. The number of esters is 1. The van der Waals surface area contributed by atoms with Gasteiger partial charge in [-0.1, -0.05) is 13.8 Å². The summed E-state index contributed by atoms with van der Waals surface area (Å²) < 4.78 is 4.87. The molecule has 0 unspecified atom stereocenters. The number of hydrogen-bond donors (Lipinski definition) is 2. The van der Waals surface area contributed by atoms with Gasteiger partial charge in [-0.3, -0.25) is 19.7 Å². The third-order valence-electron chi connectivity index (χ3n) is 3.14. The molecule has 0 atom stereocenters. The predicted molar refractivity (Wildman–Crippen MR) is 89.6 cm³/mol. The van der Waals surface area contributed by atoms with Gasteiger partial charge in [-0.05, 0) is 24.5 Å². The van der Waals surface area contributed by atoms with Gasteiger partial charge in [-0.15, -0.1) is 0 Å². The zero-order chi connectivity index (χ0) is 17.9. The maximum atomic E-state index is 11.5. The lowest BCUT2D eigenvalue weighted by atomic mass is 10.1. The summed E-state index contributed by atoms with van der Waals surface area (Å²) in [7, 11) is 0. The lowest BCUT2D eigenvalue weighted by molar-refractivity contribution is -0.384. The molecule has 0 aliphatic heterocycles. The van der Waals surface area contributed by atoms with Crippen molar-refractivity contribution in [3.63, 3.8) is 0 Å². The van der Waals surface area contributed by atoms with Gasteiger partial charge in [0.15, 0.2) is 6.61 Å². The molecule has 0 saturated heterocycles. The van der Waals surface area contributed by atoms with Gasteiger partial charge in [0.05, 0.1) is 4.92 Å². The molecule has 0 saturated carbocycles. The van der Waals surface area contributed by atoms with E-state index in [0.717, 1.165) is 12.1 Å². The number of amides is 1. The Labute approximate surface area is 140 Å².